The van der Waals surface area contributed by atoms with E-state index in [9.17, 15) is 4.79 Å². The molecule has 0 unspecified atom stereocenters. The van der Waals surface area contributed by atoms with E-state index in [2.05, 4.69) is 45.3 Å². The molecule has 3 N–H and O–H groups in total. The van der Waals surface area contributed by atoms with Crippen molar-refractivity contribution >= 4 is 28.5 Å². The Bertz CT molecular complexity index is 924. The topological polar surface area (TPSA) is 103 Å². The summed E-state index contributed by atoms with van der Waals surface area (Å²) < 4.78 is 10.9. The number of hydrogen-bond acceptors (Lipinski definition) is 7. The van der Waals surface area contributed by atoms with Crippen LogP contribution in [0.15, 0.2) is 36.7 Å². The molecule has 1 saturated heterocycles. The van der Waals surface area contributed by atoms with Crippen LogP contribution in [0.3, 0.4) is 0 Å². The van der Waals surface area contributed by atoms with Crippen LogP contribution in [-0.2, 0) is 9.53 Å². The van der Waals surface area contributed by atoms with E-state index >= 15 is 0 Å². The van der Waals surface area contributed by atoms with Crippen LogP contribution >= 0.6 is 0 Å². The van der Waals surface area contributed by atoms with Crippen LogP contribution in [0.4, 0.5) is 17.1 Å². The monoisotopic (exact) mass is 439 g/mol. The van der Waals surface area contributed by atoms with Gasteiger partial charge >= 0.3 is 6.01 Å². The zero-order valence-electron chi connectivity index (χ0n) is 19.1. The molecular formula is C24H33N5O3. The predicted octanol–water partition coefficient (Wildman–Crippen LogP) is 3.90. The summed E-state index contributed by atoms with van der Waals surface area (Å²) in [6.45, 7) is 9.01. The second-order valence-corrected chi connectivity index (χ2v) is 7.60. The highest BCUT2D eigenvalue weighted by atomic mass is 16.5. The van der Waals surface area contributed by atoms with Crippen LogP contribution in [0, 0.1) is 0 Å². The lowest BCUT2D eigenvalue weighted by molar-refractivity contribution is -0.113. The first kappa shape index (κ1) is 23.5. The van der Waals surface area contributed by atoms with E-state index in [4.69, 9.17) is 15.2 Å². The summed E-state index contributed by atoms with van der Waals surface area (Å²) in [4.78, 5) is 22.5. The number of carbonyl (C=O) groups is 1. The van der Waals surface area contributed by atoms with E-state index in [0.717, 1.165) is 60.8 Å². The summed E-state index contributed by atoms with van der Waals surface area (Å²) in [7, 11) is 0. The number of carbonyl (C=O) groups excluding carboxylic acids is 1. The standard InChI is InChI=1S/C24H33N5O3/c1-4-17(14-23(25)30)18-7-8-22(29(5-2)20-9-11-31-12-10-20)21(13-18)28-19-15-26-24(27-16-19)32-6-3/h7-8,13-16,20,28H,4-6,9-12H2,1-3H3,(H2,25,30)/b17-14+. The third kappa shape index (κ3) is 5.97. The second-order valence-electron chi connectivity index (χ2n) is 7.60. The lowest BCUT2D eigenvalue weighted by Crippen LogP contribution is -2.39. The first-order chi connectivity index (χ1) is 15.5. The number of benzene rings is 1. The van der Waals surface area contributed by atoms with Crippen LogP contribution in [-0.4, -0.2) is 48.3 Å². The molecule has 1 fully saturated rings. The summed E-state index contributed by atoms with van der Waals surface area (Å²) in [5.74, 6) is -0.447. The van der Waals surface area contributed by atoms with E-state index < -0.39 is 5.91 Å². The van der Waals surface area contributed by atoms with Gasteiger partial charge in [-0.1, -0.05) is 13.0 Å². The van der Waals surface area contributed by atoms with Crippen LogP contribution in [0.5, 0.6) is 6.01 Å². The van der Waals surface area contributed by atoms with Crippen LogP contribution in [0.25, 0.3) is 5.57 Å². The number of anilines is 3. The van der Waals surface area contributed by atoms with Crippen molar-refractivity contribution < 1.29 is 14.3 Å². The van der Waals surface area contributed by atoms with Crippen molar-refractivity contribution in [3.05, 3.63) is 42.2 Å². The maximum absolute atomic E-state index is 11.5. The minimum Gasteiger partial charge on any atom is -0.464 e. The maximum Gasteiger partial charge on any atom is 0.316 e. The van der Waals surface area contributed by atoms with E-state index in [1.807, 2.05) is 13.8 Å². The van der Waals surface area contributed by atoms with E-state index in [1.54, 1.807) is 12.4 Å². The molecule has 0 bridgehead atoms. The maximum atomic E-state index is 11.5. The number of rotatable bonds is 10. The van der Waals surface area contributed by atoms with Gasteiger partial charge in [-0.2, -0.15) is 0 Å². The van der Waals surface area contributed by atoms with Gasteiger partial charge in [0.05, 0.1) is 36.1 Å². The molecule has 8 heteroatoms. The molecule has 0 spiro atoms. The molecule has 1 aromatic carbocycles. The minimum absolute atomic E-state index is 0.349. The molecule has 0 atom stereocenters. The zero-order chi connectivity index (χ0) is 22.9. The summed E-state index contributed by atoms with van der Waals surface area (Å²) in [6, 6.07) is 6.98. The van der Waals surface area contributed by atoms with Crippen LogP contribution < -0.4 is 20.7 Å². The molecule has 8 nitrogen and oxygen atoms in total. The van der Waals surface area contributed by atoms with Gasteiger partial charge in [0.2, 0.25) is 5.91 Å². The fraction of sp³-hybridized carbons (Fsp3) is 0.458. The highest BCUT2D eigenvalue weighted by Crippen LogP contribution is 2.35. The SMILES string of the molecule is CCOc1ncc(Nc2cc(/C(=C/C(N)=O)CC)ccc2N(CC)C2CCOCC2)cn1. The lowest BCUT2D eigenvalue weighted by atomic mass is 9.99. The van der Waals surface area contributed by atoms with Crippen molar-refractivity contribution in [3.8, 4) is 6.01 Å². The average molecular weight is 440 g/mol. The molecule has 1 aliphatic heterocycles. The highest BCUT2D eigenvalue weighted by Gasteiger charge is 2.23. The number of ether oxygens (including phenoxy) is 2. The molecule has 0 radical (unpaired) electrons. The largest absolute Gasteiger partial charge is 0.464 e. The van der Waals surface area contributed by atoms with Crippen molar-refractivity contribution in [1.82, 2.24) is 9.97 Å². The summed E-state index contributed by atoms with van der Waals surface area (Å²) in [5, 5.41) is 3.47. The fourth-order valence-corrected chi connectivity index (χ4v) is 4.01. The molecule has 32 heavy (non-hydrogen) atoms. The quantitative estimate of drug-likeness (QED) is 0.541. The summed E-state index contributed by atoms with van der Waals surface area (Å²) >= 11 is 0. The summed E-state index contributed by atoms with van der Waals surface area (Å²) in [5.41, 5.74) is 10.0. The third-order valence-corrected chi connectivity index (χ3v) is 5.53. The first-order valence-corrected chi connectivity index (χ1v) is 11.3. The number of aromatic nitrogens is 2. The van der Waals surface area contributed by atoms with Gasteiger partial charge in [0.15, 0.2) is 0 Å². The summed E-state index contributed by atoms with van der Waals surface area (Å²) in [6.07, 6.45) is 7.59. The van der Waals surface area contributed by atoms with E-state index in [0.29, 0.717) is 25.1 Å². The van der Waals surface area contributed by atoms with Gasteiger partial charge in [-0.25, -0.2) is 9.97 Å². The molecule has 0 aliphatic carbocycles. The number of primary amides is 1. The van der Waals surface area contributed by atoms with Crippen molar-refractivity contribution in [2.75, 3.05) is 36.6 Å². The number of nitrogens with one attached hydrogen (secondary N) is 1. The molecular weight excluding hydrogens is 406 g/mol. The molecule has 1 aliphatic rings. The molecule has 2 aromatic rings. The van der Waals surface area contributed by atoms with Crippen molar-refractivity contribution in [1.29, 1.82) is 0 Å². The third-order valence-electron chi connectivity index (χ3n) is 5.53. The Morgan fingerprint density at radius 2 is 1.97 bits per heavy atom. The Labute approximate surface area is 189 Å². The smallest absolute Gasteiger partial charge is 0.316 e. The number of nitrogens with two attached hydrogens (primary N) is 1. The second kappa shape index (κ2) is 11.5. The molecule has 1 amide bonds. The Balaban J connectivity index is 2.00. The van der Waals surface area contributed by atoms with Gasteiger partial charge in [0.25, 0.3) is 0 Å². The zero-order valence-corrected chi connectivity index (χ0v) is 19.1. The Morgan fingerprint density at radius 1 is 1.25 bits per heavy atom. The number of allylic oxidation sites excluding steroid dienone is 1. The van der Waals surface area contributed by atoms with Gasteiger partial charge in [0.1, 0.15) is 0 Å². The Morgan fingerprint density at radius 3 is 2.56 bits per heavy atom. The molecule has 1 aromatic heterocycles. The Kier molecular flexibility index (Phi) is 8.44. The van der Waals surface area contributed by atoms with Gasteiger partial charge in [0, 0.05) is 31.9 Å². The van der Waals surface area contributed by atoms with Crippen LogP contribution in [0.1, 0.15) is 45.6 Å². The van der Waals surface area contributed by atoms with Gasteiger partial charge in [-0.3, -0.25) is 4.79 Å². The number of nitrogens with zero attached hydrogens (tertiary/aromatic N) is 3. The van der Waals surface area contributed by atoms with Crippen LogP contribution in [0.2, 0.25) is 0 Å². The average Bonchev–Trinajstić information content (AvgIpc) is 2.81. The molecule has 0 saturated carbocycles. The lowest BCUT2D eigenvalue weighted by Gasteiger charge is -2.36. The van der Waals surface area contributed by atoms with Gasteiger partial charge in [-0.05, 0) is 56.4 Å². The van der Waals surface area contributed by atoms with Crippen molar-refractivity contribution in [2.24, 2.45) is 5.73 Å². The normalized spacial score (nSPS) is 14.8. The minimum atomic E-state index is -0.447. The molecule has 3 rings (SSSR count). The molecule has 172 valence electrons. The molecule has 2 heterocycles. The highest BCUT2D eigenvalue weighted by molar-refractivity contribution is 5.94. The van der Waals surface area contributed by atoms with Gasteiger partial charge < -0.3 is 25.4 Å². The number of amides is 1. The number of hydrogen-bond donors (Lipinski definition) is 2. The fourth-order valence-electron chi connectivity index (χ4n) is 4.01. The van der Waals surface area contributed by atoms with E-state index in [-0.39, 0.29) is 0 Å². The van der Waals surface area contributed by atoms with Crippen molar-refractivity contribution in [3.63, 3.8) is 0 Å². The first-order valence-electron chi connectivity index (χ1n) is 11.3. The predicted molar refractivity (Wildman–Crippen MR) is 127 cm³/mol. The van der Waals surface area contributed by atoms with Crippen molar-refractivity contribution in [2.45, 2.75) is 46.1 Å². The van der Waals surface area contributed by atoms with E-state index in [1.165, 1.54) is 6.08 Å². The Hall–Kier alpha value is -3.13. The van der Waals surface area contributed by atoms with Gasteiger partial charge in [-0.15, -0.1) is 0 Å².